The number of nitrogens with one attached hydrogen (secondary N) is 1. The molecule has 4 heterocycles. The van der Waals surface area contributed by atoms with Gasteiger partial charge in [-0.2, -0.15) is 0 Å². The molecule has 0 unspecified atom stereocenters. The topological polar surface area (TPSA) is 81.0 Å². The van der Waals surface area contributed by atoms with Gasteiger partial charge in [-0.15, -0.1) is 0 Å². The third kappa shape index (κ3) is 4.85. The number of morpholine rings is 1. The van der Waals surface area contributed by atoms with Crippen LogP contribution in [0.1, 0.15) is 31.3 Å². The summed E-state index contributed by atoms with van der Waals surface area (Å²) in [5.74, 6) is 0.229. The van der Waals surface area contributed by atoms with E-state index in [9.17, 15) is 8.78 Å². The minimum atomic E-state index is -0.643. The van der Waals surface area contributed by atoms with Crippen molar-refractivity contribution in [2.45, 2.75) is 33.4 Å². The molecular formula is C25H27F2N7O. The Balaban J connectivity index is 1.40. The molecule has 0 aliphatic carbocycles. The maximum absolute atomic E-state index is 14.9. The van der Waals surface area contributed by atoms with Crippen molar-refractivity contribution >= 4 is 22.8 Å². The average Bonchev–Trinajstić information content (AvgIpc) is 3.19. The van der Waals surface area contributed by atoms with Gasteiger partial charge in [-0.3, -0.25) is 4.90 Å². The summed E-state index contributed by atoms with van der Waals surface area (Å²) in [7, 11) is 0. The van der Waals surface area contributed by atoms with E-state index in [4.69, 9.17) is 4.74 Å². The van der Waals surface area contributed by atoms with Crippen molar-refractivity contribution in [2.24, 2.45) is 0 Å². The number of imidazole rings is 1. The Bertz CT molecular complexity index is 1350. The lowest BCUT2D eigenvalue weighted by Gasteiger charge is -2.26. The van der Waals surface area contributed by atoms with Crippen molar-refractivity contribution in [3.8, 4) is 11.3 Å². The van der Waals surface area contributed by atoms with Crippen LogP contribution in [0.5, 0.6) is 0 Å². The molecule has 1 N–H and O–H groups in total. The predicted molar refractivity (Wildman–Crippen MR) is 129 cm³/mol. The first-order chi connectivity index (χ1) is 16.9. The monoisotopic (exact) mass is 479 g/mol. The molecule has 1 aliphatic rings. The predicted octanol–water partition coefficient (Wildman–Crippen LogP) is 4.63. The van der Waals surface area contributed by atoms with Crippen molar-refractivity contribution in [1.29, 1.82) is 0 Å². The van der Waals surface area contributed by atoms with Gasteiger partial charge < -0.3 is 14.6 Å². The highest BCUT2D eigenvalue weighted by Crippen LogP contribution is 2.30. The van der Waals surface area contributed by atoms with Crippen LogP contribution >= 0.6 is 0 Å². The number of benzene rings is 1. The Kier molecular flexibility index (Phi) is 6.40. The number of aryl methyl sites for hydroxylation is 1. The average molecular weight is 480 g/mol. The van der Waals surface area contributed by atoms with Gasteiger partial charge >= 0.3 is 0 Å². The lowest BCUT2D eigenvalue weighted by Crippen LogP contribution is -2.35. The van der Waals surface area contributed by atoms with Crippen LogP contribution in [0.3, 0.4) is 0 Å². The van der Waals surface area contributed by atoms with Crippen LogP contribution in [0.25, 0.3) is 22.3 Å². The second-order valence-corrected chi connectivity index (χ2v) is 8.90. The molecule has 0 saturated carbocycles. The summed E-state index contributed by atoms with van der Waals surface area (Å²) in [4.78, 5) is 19.5. The molecule has 1 fully saturated rings. The first-order valence-electron chi connectivity index (χ1n) is 11.6. The highest BCUT2D eigenvalue weighted by Gasteiger charge is 2.18. The molecule has 0 atom stereocenters. The van der Waals surface area contributed by atoms with Gasteiger partial charge in [0.2, 0.25) is 5.95 Å². The van der Waals surface area contributed by atoms with Crippen LogP contribution in [0.4, 0.5) is 20.5 Å². The van der Waals surface area contributed by atoms with E-state index in [-0.39, 0.29) is 23.2 Å². The molecule has 35 heavy (non-hydrogen) atoms. The van der Waals surface area contributed by atoms with E-state index in [1.165, 1.54) is 6.07 Å². The molecule has 0 radical (unpaired) electrons. The Hall–Kier alpha value is -3.50. The van der Waals surface area contributed by atoms with Gasteiger partial charge in [-0.25, -0.2) is 28.7 Å². The molecule has 1 aromatic carbocycles. The van der Waals surface area contributed by atoms with E-state index in [1.807, 2.05) is 37.5 Å². The van der Waals surface area contributed by atoms with E-state index in [0.717, 1.165) is 44.6 Å². The summed E-state index contributed by atoms with van der Waals surface area (Å²) in [6, 6.07) is 6.85. The highest BCUT2D eigenvalue weighted by atomic mass is 19.1. The van der Waals surface area contributed by atoms with Crippen molar-refractivity contribution in [1.82, 2.24) is 29.4 Å². The minimum Gasteiger partial charge on any atom is -0.379 e. The van der Waals surface area contributed by atoms with Crippen molar-refractivity contribution in [2.75, 3.05) is 31.6 Å². The number of halogens is 2. The Morgan fingerprint density at radius 1 is 1.03 bits per heavy atom. The zero-order chi connectivity index (χ0) is 24.5. The van der Waals surface area contributed by atoms with Crippen LogP contribution in [0, 0.1) is 18.6 Å². The van der Waals surface area contributed by atoms with Crippen LogP contribution in [0.2, 0.25) is 0 Å². The quantitative estimate of drug-likeness (QED) is 0.432. The van der Waals surface area contributed by atoms with E-state index in [2.05, 4.69) is 30.2 Å². The third-order valence-electron chi connectivity index (χ3n) is 6.03. The third-order valence-corrected chi connectivity index (χ3v) is 6.03. The SMILES string of the molecule is Cc1nc2c(F)cc(-c3nc(Nc4ccc(CN5CCOCC5)cn4)ncc3F)cc2n1C(C)C. The number of aromatic nitrogens is 5. The van der Waals surface area contributed by atoms with Gasteiger partial charge in [0.05, 0.1) is 24.9 Å². The standard InChI is InChI=1S/C25H27F2N7O/c1-15(2)34-16(3)30-24-19(26)10-18(11-21(24)34)23-20(27)13-29-25(32-23)31-22-5-4-17(12-28-22)14-33-6-8-35-9-7-33/h4-5,10-13,15H,6-9,14H2,1-3H3,(H,28,29,31,32). The number of ether oxygens (including phenoxy) is 1. The molecular weight excluding hydrogens is 452 g/mol. The molecule has 1 saturated heterocycles. The fourth-order valence-corrected chi connectivity index (χ4v) is 4.41. The van der Waals surface area contributed by atoms with E-state index in [1.54, 1.807) is 12.3 Å². The van der Waals surface area contributed by atoms with E-state index in [0.29, 0.717) is 22.7 Å². The minimum absolute atomic E-state index is 0.00129. The lowest BCUT2D eigenvalue weighted by molar-refractivity contribution is 0.0341. The van der Waals surface area contributed by atoms with Gasteiger partial charge in [0.1, 0.15) is 22.9 Å². The Labute approximate surface area is 202 Å². The number of pyridine rings is 1. The van der Waals surface area contributed by atoms with Gasteiger partial charge in [-0.1, -0.05) is 6.07 Å². The summed E-state index contributed by atoms with van der Waals surface area (Å²) in [6.07, 6.45) is 2.87. The van der Waals surface area contributed by atoms with Gasteiger partial charge in [0.15, 0.2) is 11.6 Å². The fourth-order valence-electron chi connectivity index (χ4n) is 4.41. The summed E-state index contributed by atoms with van der Waals surface area (Å²) in [6.45, 7) is 9.89. The highest BCUT2D eigenvalue weighted by molar-refractivity contribution is 5.83. The fraction of sp³-hybridized carbons (Fsp3) is 0.360. The van der Waals surface area contributed by atoms with Crippen LogP contribution < -0.4 is 5.32 Å². The van der Waals surface area contributed by atoms with E-state index < -0.39 is 11.6 Å². The van der Waals surface area contributed by atoms with Crippen molar-refractivity contribution in [3.63, 3.8) is 0 Å². The first-order valence-corrected chi connectivity index (χ1v) is 11.6. The largest absolute Gasteiger partial charge is 0.379 e. The van der Waals surface area contributed by atoms with E-state index >= 15 is 0 Å². The maximum Gasteiger partial charge on any atom is 0.229 e. The Morgan fingerprint density at radius 3 is 2.54 bits per heavy atom. The number of nitrogens with zero attached hydrogens (tertiary/aromatic N) is 6. The van der Waals surface area contributed by atoms with Crippen LogP contribution in [-0.2, 0) is 11.3 Å². The molecule has 0 amide bonds. The molecule has 0 spiro atoms. The molecule has 3 aromatic heterocycles. The lowest BCUT2D eigenvalue weighted by atomic mass is 10.1. The van der Waals surface area contributed by atoms with Crippen LogP contribution in [0.15, 0.2) is 36.7 Å². The summed E-state index contributed by atoms with van der Waals surface area (Å²) >= 11 is 0. The maximum atomic E-state index is 14.9. The molecule has 1 aliphatic heterocycles. The molecule has 8 nitrogen and oxygen atoms in total. The molecule has 4 aromatic rings. The van der Waals surface area contributed by atoms with Gasteiger partial charge in [0, 0.05) is 37.4 Å². The smallest absolute Gasteiger partial charge is 0.229 e. The first kappa shape index (κ1) is 23.3. The number of rotatable bonds is 6. The number of hydrogen-bond acceptors (Lipinski definition) is 7. The second-order valence-electron chi connectivity index (χ2n) is 8.90. The number of anilines is 2. The molecule has 182 valence electrons. The second kappa shape index (κ2) is 9.63. The zero-order valence-corrected chi connectivity index (χ0v) is 19.9. The van der Waals surface area contributed by atoms with Crippen LogP contribution in [-0.4, -0.2) is 55.7 Å². The van der Waals surface area contributed by atoms with Crippen molar-refractivity contribution in [3.05, 3.63) is 59.7 Å². The van der Waals surface area contributed by atoms with Crippen molar-refractivity contribution < 1.29 is 13.5 Å². The molecule has 5 rings (SSSR count). The summed E-state index contributed by atoms with van der Waals surface area (Å²) in [5.41, 5.74) is 2.25. The normalized spacial score (nSPS) is 14.7. The summed E-state index contributed by atoms with van der Waals surface area (Å²) < 4.78 is 36.9. The zero-order valence-electron chi connectivity index (χ0n) is 19.9. The van der Waals surface area contributed by atoms with Gasteiger partial charge in [-0.05, 0) is 44.5 Å². The number of fused-ring (bicyclic) bond motifs is 1. The number of hydrogen-bond donors (Lipinski definition) is 1. The van der Waals surface area contributed by atoms with Gasteiger partial charge in [0.25, 0.3) is 0 Å². The molecule has 0 bridgehead atoms. The Morgan fingerprint density at radius 2 is 1.83 bits per heavy atom. The molecule has 10 heteroatoms. The summed E-state index contributed by atoms with van der Waals surface area (Å²) in [5, 5.41) is 3.01.